The summed E-state index contributed by atoms with van der Waals surface area (Å²) in [5.74, 6) is -0.0629. The predicted molar refractivity (Wildman–Crippen MR) is 79.2 cm³/mol. The molecule has 2 N–H and O–H groups in total. The first-order valence-electron chi connectivity index (χ1n) is 6.37. The van der Waals surface area contributed by atoms with Crippen molar-refractivity contribution < 1.29 is 14.3 Å². The number of rotatable bonds is 5. The molecule has 0 saturated carbocycles. The maximum absolute atomic E-state index is 11.2. The van der Waals surface area contributed by atoms with E-state index in [4.69, 9.17) is 10.5 Å². The Bertz CT molecular complexity index is 622. The summed E-state index contributed by atoms with van der Waals surface area (Å²) in [5.41, 5.74) is 7.35. The van der Waals surface area contributed by atoms with Crippen molar-refractivity contribution in [2.75, 3.05) is 7.11 Å². The Morgan fingerprint density at radius 2 is 2.00 bits per heavy atom. The average molecular weight is 284 g/mol. The third kappa shape index (κ3) is 4.35. The summed E-state index contributed by atoms with van der Waals surface area (Å²) in [6.45, 7) is 0.452. The zero-order chi connectivity index (χ0) is 15.1. The first kappa shape index (κ1) is 14.6. The minimum absolute atomic E-state index is 0.0252. The van der Waals surface area contributed by atoms with Crippen molar-refractivity contribution in [2.45, 2.75) is 6.61 Å². The molecule has 0 atom stereocenters. The molecule has 2 rings (SSSR count). The number of nitrogens with two attached hydrogens (primary N) is 1. The van der Waals surface area contributed by atoms with Crippen molar-refractivity contribution in [1.29, 1.82) is 0 Å². The first-order valence-corrected chi connectivity index (χ1v) is 6.37. The third-order valence-corrected chi connectivity index (χ3v) is 2.73. The van der Waals surface area contributed by atoms with Crippen LogP contribution in [0.25, 0.3) is 6.08 Å². The first-order chi connectivity index (χ1) is 10.2. The maximum atomic E-state index is 11.2. The van der Waals surface area contributed by atoms with Crippen LogP contribution in [0.5, 0.6) is 5.88 Å². The monoisotopic (exact) mass is 284 g/mol. The molecular formula is C16H16N2O3. The van der Waals surface area contributed by atoms with Crippen LogP contribution in [-0.2, 0) is 16.1 Å². The Kier molecular flexibility index (Phi) is 4.93. The molecule has 0 fully saturated rings. The van der Waals surface area contributed by atoms with Gasteiger partial charge in [-0.05, 0) is 23.3 Å². The quantitative estimate of drug-likeness (QED) is 0.672. The molecule has 5 heteroatoms. The Hall–Kier alpha value is -2.82. The van der Waals surface area contributed by atoms with Gasteiger partial charge in [0, 0.05) is 12.3 Å². The van der Waals surface area contributed by atoms with Gasteiger partial charge in [-0.2, -0.15) is 0 Å². The summed E-state index contributed by atoms with van der Waals surface area (Å²) in [7, 11) is 1.28. The fourth-order valence-corrected chi connectivity index (χ4v) is 1.65. The number of carbonyl (C=O) groups excluding carboxylic acids is 1. The smallest absolute Gasteiger partial charge is 0.353 e. The summed E-state index contributed by atoms with van der Waals surface area (Å²) in [4.78, 5) is 15.3. The van der Waals surface area contributed by atoms with Gasteiger partial charge in [0.2, 0.25) is 5.88 Å². The number of hydrogen-bond acceptors (Lipinski definition) is 5. The highest BCUT2D eigenvalue weighted by Crippen LogP contribution is 2.12. The summed E-state index contributed by atoms with van der Waals surface area (Å²) < 4.78 is 10.1. The van der Waals surface area contributed by atoms with E-state index in [2.05, 4.69) is 9.72 Å². The average Bonchev–Trinajstić information content (AvgIpc) is 2.54. The number of hydrogen-bond donors (Lipinski definition) is 1. The number of benzene rings is 1. The predicted octanol–water partition coefficient (Wildman–Crippen LogP) is 2.13. The lowest BCUT2D eigenvalue weighted by Gasteiger charge is -2.05. The molecular weight excluding hydrogens is 268 g/mol. The molecule has 21 heavy (non-hydrogen) atoms. The zero-order valence-electron chi connectivity index (χ0n) is 11.7. The van der Waals surface area contributed by atoms with Crippen molar-refractivity contribution in [3.05, 3.63) is 65.5 Å². The molecule has 2 aromatic rings. The molecule has 0 bridgehead atoms. The highest BCUT2D eigenvalue weighted by molar-refractivity contribution is 5.92. The molecule has 0 unspecified atom stereocenters. The number of pyridine rings is 1. The van der Waals surface area contributed by atoms with Crippen LogP contribution < -0.4 is 10.5 Å². The second kappa shape index (κ2) is 7.09. The van der Waals surface area contributed by atoms with Crippen molar-refractivity contribution in [1.82, 2.24) is 4.98 Å². The fraction of sp³-hybridized carbons (Fsp3) is 0.125. The van der Waals surface area contributed by atoms with Crippen LogP contribution in [0.2, 0.25) is 0 Å². The molecule has 0 radical (unpaired) electrons. The molecule has 0 spiro atoms. The largest absolute Gasteiger partial charge is 0.473 e. The van der Waals surface area contributed by atoms with Gasteiger partial charge >= 0.3 is 5.97 Å². The van der Waals surface area contributed by atoms with Crippen LogP contribution in [-0.4, -0.2) is 18.1 Å². The molecule has 0 aliphatic carbocycles. The Morgan fingerprint density at radius 1 is 1.24 bits per heavy atom. The highest BCUT2D eigenvalue weighted by atomic mass is 16.5. The van der Waals surface area contributed by atoms with Crippen LogP contribution in [0.4, 0.5) is 0 Å². The van der Waals surface area contributed by atoms with Crippen molar-refractivity contribution in [2.24, 2.45) is 5.73 Å². The van der Waals surface area contributed by atoms with Gasteiger partial charge in [-0.1, -0.05) is 30.3 Å². The molecule has 0 aliphatic heterocycles. The minimum atomic E-state index is -0.570. The van der Waals surface area contributed by atoms with Gasteiger partial charge in [-0.25, -0.2) is 9.78 Å². The van der Waals surface area contributed by atoms with E-state index < -0.39 is 5.97 Å². The molecule has 1 aromatic carbocycles. The maximum Gasteiger partial charge on any atom is 0.353 e. The normalized spacial score (nSPS) is 11.0. The van der Waals surface area contributed by atoms with E-state index in [1.807, 2.05) is 30.3 Å². The van der Waals surface area contributed by atoms with Crippen LogP contribution in [0.1, 0.15) is 11.1 Å². The van der Waals surface area contributed by atoms with Crippen LogP contribution >= 0.6 is 0 Å². The molecule has 5 nitrogen and oxygen atoms in total. The number of carbonyl (C=O) groups is 1. The van der Waals surface area contributed by atoms with E-state index in [-0.39, 0.29) is 5.70 Å². The Labute approximate surface area is 123 Å². The van der Waals surface area contributed by atoms with E-state index in [1.165, 1.54) is 13.2 Å². The summed E-state index contributed by atoms with van der Waals surface area (Å²) in [5, 5.41) is 0. The van der Waals surface area contributed by atoms with Gasteiger partial charge in [-0.15, -0.1) is 0 Å². The SMILES string of the molecule is COC(=O)C(N)=Cc1ccc(OCc2ccccc2)nc1. The van der Waals surface area contributed by atoms with Crippen molar-refractivity contribution >= 4 is 12.0 Å². The number of aromatic nitrogens is 1. The molecule has 0 saturated heterocycles. The lowest BCUT2D eigenvalue weighted by atomic mass is 10.2. The van der Waals surface area contributed by atoms with Gasteiger partial charge in [0.15, 0.2) is 0 Å². The molecule has 1 aromatic heterocycles. The molecule has 108 valence electrons. The van der Waals surface area contributed by atoms with E-state index in [9.17, 15) is 4.79 Å². The number of esters is 1. The van der Waals surface area contributed by atoms with Crippen LogP contribution in [0.3, 0.4) is 0 Å². The van der Waals surface area contributed by atoms with Crippen LogP contribution in [0.15, 0.2) is 54.4 Å². The molecule has 0 amide bonds. The van der Waals surface area contributed by atoms with Crippen molar-refractivity contribution in [3.63, 3.8) is 0 Å². The lowest BCUT2D eigenvalue weighted by molar-refractivity contribution is -0.136. The van der Waals surface area contributed by atoms with Gasteiger partial charge < -0.3 is 15.2 Å². The molecule has 0 aliphatic rings. The summed E-state index contributed by atoms with van der Waals surface area (Å²) in [6.07, 6.45) is 3.08. The van der Waals surface area contributed by atoms with E-state index in [1.54, 1.807) is 18.3 Å². The topological polar surface area (TPSA) is 74.4 Å². The Balaban J connectivity index is 1.97. The molecule has 1 heterocycles. The second-order valence-electron chi connectivity index (χ2n) is 4.30. The van der Waals surface area contributed by atoms with E-state index >= 15 is 0 Å². The van der Waals surface area contributed by atoms with Gasteiger partial charge in [0.25, 0.3) is 0 Å². The third-order valence-electron chi connectivity index (χ3n) is 2.73. The Morgan fingerprint density at radius 3 is 2.62 bits per heavy atom. The van der Waals surface area contributed by atoms with Crippen molar-refractivity contribution in [3.8, 4) is 5.88 Å². The standard InChI is InChI=1S/C16H16N2O3/c1-20-16(19)14(17)9-13-7-8-15(18-10-13)21-11-12-5-3-2-4-6-12/h2-10H,11,17H2,1H3. The minimum Gasteiger partial charge on any atom is -0.473 e. The van der Waals surface area contributed by atoms with Gasteiger partial charge in [-0.3, -0.25) is 0 Å². The second-order valence-corrected chi connectivity index (χ2v) is 4.30. The highest BCUT2D eigenvalue weighted by Gasteiger charge is 2.04. The van der Waals surface area contributed by atoms with E-state index in [0.29, 0.717) is 18.1 Å². The van der Waals surface area contributed by atoms with Crippen LogP contribution in [0, 0.1) is 0 Å². The zero-order valence-corrected chi connectivity index (χ0v) is 11.7. The number of nitrogens with zero attached hydrogens (tertiary/aromatic N) is 1. The van der Waals surface area contributed by atoms with Gasteiger partial charge in [0.05, 0.1) is 7.11 Å². The lowest BCUT2D eigenvalue weighted by Crippen LogP contribution is -2.12. The summed E-state index contributed by atoms with van der Waals surface area (Å²) >= 11 is 0. The number of methoxy groups -OCH3 is 1. The van der Waals surface area contributed by atoms with E-state index in [0.717, 1.165) is 5.56 Å². The van der Waals surface area contributed by atoms with Gasteiger partial charge in [0.1, 0.15) is 12.3 Å². The summed E-state index contributed by atoms with van der Waals surface area (Å²) in [6, 6.07) is 13.3. The number of ether oxygens (including phenoxy) is 2. The fourth-order valence-electron chi connectivity index (χ4n) is 1.65.